The lowest BCUT2D eigenvalue weighted by molar-refractivity contribution is 0.175. The van der Waals surface area contributed by atoms with Gasteiger partial charge in [0, 0.05) is 17.8 Å². The molecule has 3 rings (SSSR count). The van der Waals surface area contributed by atoms with Gasteiger partial charge in [-0.05, 0) is 32.0 Å². The Hall–Kier alpha value is -2.63. The van der Waals surface area contributed by atoms with E-state index in [0.29, 0.717) is 22.8 Å². The molecule has 2 heterocycles. The van der Waals surface area contributed by atoms with E-state index in [2.05, 4.69) is 4.99 Å². The number of hydrogen-bond acceptors (Lipinski definition) is 5. The van der Waals surface area contributed by atoms with E-state index < -0.39 is 5.60 Å². The van der Waals surface area contributed by atoms with Gasteiger partial charge in [-0.3, -0.25) is 4.57 Å². The lowest BCUT2D eigenvalue weighted by Gasteiger charge is -2.33. The van der Waals surface area contributed by atoms with Crippen molar-refractivity contribution in [3.8, 4) is 17.5 Å². The predicted octanol–water partition coefficient (Wildman–Crippen LogP) is 2.43. The zero-order valence-corrected chi connectivity index (χ0v) is 11.9. The van der Waals surface area contributed by atoms with Gasteiger partial charge in [0.1, 0.15) is 17.0 Å². The molecule has 6 heteroatoms. The van der Waals surface area contributed by atoms with E-state index in [1.165, 1.54) is 16.7 Å². The van der Waals surface area contributed by atoms with Crippen LogP contribution in [0.4, 0.5) is 11.4 Å². The summed E-state index contributed by atoms with van der Waals surface area (Å²) in [7, 11) is 0. The summed E-state index contributed by atoms with van der Waals surface area (Å²) in [6.07, 6.45) is 0. The molecule has 0 unspecified atom stereocenters. The molecule has 110 valence electrons. The Morgan fingerprint density at radius 1 is 1.19 bits per heavy atom. The first-order chi connectivity index (χ1) is 9.87. The second-order valence-electron chi connectivity index (χ2n) is 5.53. The topological polar surface area (TPSA) is 93.0 Å². The van der Waals surface area contributed by atoms with Crippen molar-refractivity contribution in [1.29, 1.82) is 0 Å². The normalized spacial score (nSPS) is 16.0. The molecule has 0 saturated carbocycles. The van der Waals surface area contributed by atoms with Gasteiger partial charge in [0.15, 0.2) is 11.8 Å². The van der Waals surface area contributed by atoms with E-state index in [1.807, 2.05) is 13.8 Å². The van der Waals surface area contributed by atoms with Crippen molar-refractivity contribution in [3.05, 3.63) is 30.3 Å². The van der Waals surface area contributed by atoms with Gasteiger partial charge >= 0.3 is 0 Å². The van der Waals surface area contributed by atoms with E-state index in [4.69, 9.17) is 10.5 Å². The van der Waals surface area contributed by atoms with Crippen LogP contribution < -0.4 is 10.5 Å². The monoisotopic (exact) mass is 287 g/mol. The predicted molar refractivity (Wildman–Crippen MR) is 80.4 cm³/mol. The summed E-state index contributed by atoms with van der Waals surface area (Å²) in [5.74, 6) is 0.618. The fraction of sp³-hybridized carbons (Fsp3) is 0.267. The molecular weight excluding hydrogens is 270 g/mol. The minimum absolute atomic E-state index is 0.0237. The SMILES string of the molecule is CC1(C)Oc2ccc(N)cc2N=C1Cn1c(O)ccc1O. The number of rotatable bonds is 2. The van der Waals surface area contributed by atoms with Crippen LogP contribution in [0.1, 0.15) is 13.8 Å². The first-order valence-electron chi connectivity index (χ1n) is 6.61. The molecule has 6 nitrogen and oxygen atoms in total. The smallest absolute Gasteiger partial charge is 0.194 e. The van der Waals surface area contributed by atoms with E-state index in [-0.39, 0.29) is 18.3 Å². The third-order valence-corrected chi connectivity index (χ3v) is 3.54. The van der Waals surface area contributed by atoms with Gasteiger partial charge in [0.05, 0.1) is 12.3 Å². The highest BCUT2D eigenvalue weighted by atomic mass is 16.5. The number of aromatic nitrogens is 1. The van der Waals surface area contributed by atoms with Crippen LogP contribution in [0.3, 0.4) is 0 Å². The molecule has 1 aromatic heterocycles. The van der Waals surface area contributed by atoms with Crippen LogP contribution in [0, 0.1) is 0 Å². The number of anilines is 1. The van der Waals surface area contributed by atoms with Crippen LogP contribution in [-0.4, -0.2) is 26.1 Å². The third-order valence-electron chi connectivity index (χ3n) is 3.54. The second kappa shape index (κ2) is 4.44. The second-order valence-corrected chi connectivity index (χ2v) is 5.53. The van der Waals surface area contributed by atoms with Crippen molar-refractivity contribution in [2.75, 3.05) is 5.73 Å². The number of nitrogens with two attached hydrogens (primary N) is 1. The van der Waals surface area contributed by atoms with Crippen molar-refractivity contribution in [2.24, 2.45) is 4.99 Å². The molecule has 2 aromatic rings. The Bertz CT molecular complexity index is 712. The maximum absolute atomic E-state index is 9.76. The quantitative estimate of drug-likeness (QED) is 0.739. The molecule has 0 aliphatic carbocycles. The summed E-state index contributed by atoms with van der Waals surface area (Å²) in [5.41, 5.74) is 7.06. The summed E-state index contributed by atoms with van der Waals surface area (Å²) < 4.78 is 7.31. The number of ether oxygens (including phenoxy) is 1. The van der Waals surface area contributed by atoms with E-state index in [0.717, 1.165) is 0 Å². The zero-order valence-electron chi connectivity index (χ0n) is 11.9. The van der Waals surface area contributed by atoms with Crippen molar-refractivity contribution >= 4 is 17.1 Å². The fourth-order valence-electron chi connectivity index (χ4n) is 2.31. The van der Waals surface area contributed by atoms with Gasteiger partial charge in [-0.25, -0.2) is 4.99 Å². The summed E-state index contributed by atoms with van der Waals surface area (Å²) in [6.45, 7) is 4.01. The van der Waals surface area contributed by atoms with Crippen LogP contribution in [0.25, 0.3) is 0 Å². The molecule has 1 aromatic carbocycles. The minimum atomic E-state index is -0.647. The number of benzene rings is 1. The van der Waals surface area contributed by atoms with E-state index >= 15 is 0 Å². The van der Waals surface area contributed by atoms with Crippen LogP contribution >= 0.6 is 0 Å². The molecule has 4 N–H and O–H groups in total. The lowest BCUT2D eigenvalue weighted by atomic mass is 10.00. The van der Waals surface area contributed by atoms with E-state index in [1.54, 1.807) is 18.2 Å². The molecule has 0 amide bonds. The molecule has 0 atom stereocenters. The number of hydrogen-bond donors (Lipinski definition) is 3. The molecular formula is C15H17N3O3. The lowest BCUT2D eigenvalue weighted by Crippen LogP contribution is -2.42. The molecule has 1 aliphatic heterocycles. The van der Waals surface area contributed by atoms with Crippen LogP contribution in [-0.2, 0) is 6.54 Å². The molecule has 0 saturated heterocycles. The Morgan fingerprint density at radius 2 is 1.86 bits per heavy atom. The van der Waals surface area contributed by atoms with Gasteiger partial charge in [0.2, 0.25) is 0 Å². The highest BCUT2D eigenvalue weighted by Gasteiger charge is 2.33. The van der Waals surface area contributed by atoms with Crippen LogP contribution in [0.2, 0.25) is 0 Å². The third kappa shape index (κ3) is 2.29. The molecule has 0 fully saturated rings. The molecule has 1 aliphatic rings. The van der Waals surface area contributed by atoms with Crippen LogP contribution in [0.5, 0.6) is 17.5 Å². The number of nitrogen functional groups attached to an aromatic ring is 1. The Labute approximate surface area is 122 Å². The maximum Gasteiger partial charge on any atom is 0.194 e. The first-order valence-corrected chi connectivity index (χ1v) is 6.61. The van der Waals surface area contributed by atoms with Gasteiger partial charge in [-0.15, -0.1) is 0 Å². The number of nitrogens with zero attached hydrogens (tertiary/aromatic N) is 2. The van der Waals surface area contributed by atoms with Gasteiger partial charge in [0.25, 0.3) is 0 Å². The summed E-state index contributed by atoms with van der Waals surface area (Å²) >= 11 is 0. The van der Waals surface area contributed by atoms with Crippen molar-refractivity contribution in [2.45, 2.75) is 26.0 Å². The number of aromatic hydroxyl groups is 2. The summed E-state index contributed by atoms with van der Waals surface area (Å²) in [6, 6.07) is 8.15. The first kappa shape index (κ1) is 13.4. The minimum Gasteiger partial charge on any atom is -0.494 e. The highest BCUT2D eigenvalue weighted by molar-refractivity contribution is 5.96. The fourth-order valence-corrected chi connectivity index (χ4v) is 2.31. The Kier molecular flexibility index (Phi) is 2.83. The maximum atomic E-state index is 9.76. The Morgan fingerprint density at radius 3 is 2.52 bits per heavy atom. The largest absolute Gasteiger partial charge is 0.494 e. The molecule has 21 heavy (non-hydrogen) atoms. The van der Waals surface area contributed by atoms with Gasteiger partial charge < -0.3 is 20.7 Å². The number of aliphatic imine (C=N–C) groups is 1. The zero-order chi connectivity index (χ0) is 15.2. The van der Waals surface area contributed by atoms with Crippen LogP contribution in [0.15, 0.2) is 35.3 Å². The highest BCUT2D eigenvalue weighted by Crippen LogP contribution is 2.38. The van der Waals surface area contributed by atoms with E-state index in [9.17, 15) is 10.2 Å². The summed E-state index contributed by atoms with van der Waals surface area (Å²) in [4.78, 5) is 4.58. The molecule has 0 radical (unpaired) electrons. The standard InChI is InChI=1S/C15H17N3O3/c1-15(2)12(8-18-13(19)5-6-14(18)20)17-10-7-9(16)3-4-11(10)21-15/h3-7,19-20H,8,16H2,1-2H3. The summed E-state index contributed by atoms with van der Waals surface area (Å²) in [5, 5.41) is 19.5. The number of fused-ring (bicyclic) bond motifs is 1. The average molecular weight is 287 g/mol. The van der Waals surface area contributed by atoms with Gasteiger partial charge in [-0.2, -0.15) is 0 Å². The average Bonchev–Trinajstić information content (AvgIpc) is 2.71. The van der Waals surface area contributed by atoms with Crippen molar-refractivity contribution in [3.63, 3.8) is 0 Å². The Balaban J connectivity index is 2.03. The molecule has 0 bridgehead atoms. The van der Waals surface area contributed by atoms with Gasteiger partial charge in [-0.1, -0.05) is 0 Å². The van der Waals surface area contributed by atoms with Crippen molar-refractivity contribution < 1.29 is 14.9 Å². The molecule has 0 spiro atoms. The van der Waals surface area contributed by atoms with Crippen molar-refractivity contribution in [1.82, 2.24) is 4.57 Å².